The molecule has 0 radical (unpaired) electrons. The Morgan fingerprint density at radius 3 is 2.56 bits per heavy atom. The topological polar surface area (TPSA) is 142 Å². The number of ether oxygens (including phenoxy) is 2. The fraction of sp³-hybridized carbons (Fsp3) is 0.286. The number of carbonyl (C=O) groups is 2. The number of nitrogens with two attached hydrogens (primary N) is 1. The number of pyridine rings is 1. The highest BCUT2D eigenvalue weighted by Crippen LogP contribution is 2.48. The average Bonchev–Trinajstić information content (AvgIpc) is 3.56. The van der Waals surface area contributed by atoms with Crippen LogP contribution in [0, 0.1) is 5.82 Å². The van der Waals surface area contributed by atoms with Gasteiger partial charge in [0.1, 0.15) is 40.5 Å². The Balaban J connectivity index is 1.60. The van der Waals surface area contributed by atoms with Crippen LogP contribution in [-0.4, -0.2) is 58.1 Å². The molecule has 2 aromatic carbocycles. The molecule has 0 bridgehead atoms. The predicted octanol–water partition coefficient (Wildman–Crippen LogP) is 4.61. The van der Waals surface area contributed by atoms with Crippen molar-refractivity contribution in [3.8, 4) is 22.8 Å². The van der Waals surface area contributed by atoms with Crippen LogP contribution < -0.4 is 20.5 Å². The molecule has 0 unspecified atom stereocenters. The van der Waals surface area contributed by atoms with E-state index in [9.17, 15) is 41.0 Å². The van der Waals surface area contributed by atoms with Crippen molar-refractivity contribution in [2.45, 2.75) is 30.7 Å². The van der Waals surface area contributed by atoms with Crippen LogP contribution in [0.2, 0.25) is 5.02 Å². The minimum atomic E-state index is -5.48. The van der Waals surface area contributed by atoms with Crippen LogP contribution in [0.4, 0.5) is 26.3 Å². The zero-order valence-corrected chi connectivity index (χ0v) is 23.9. The van der Waals surface area contributed by atoms with Crippen LogP contribution >= 0.6 is 11.6 Å². The lowest BCUT2D eigenvalue weighted by Crippen LogP contribution is -2.51. The smallest absolute Gasteiger partial charge is 0.424 e. The summed E-state index contributed by atoms with van der Waals surface area (Å²) in [6.07, 6.45) is -4.56. The second-order valence-corrected chi connectivity index (χ2v) is 10.8. The van der Waals surface area contributed by atoms with Gasteiger partial charge in [-0.25, -0.2) is 14.1 Å². The van der Waals surface area contributed by atoms with E-state index in [1.165, 1.54) is 14.0 Å². The van der Waals surface area contributed by atoms with Gasteiger partial charge in [-0.1, -0.05) is 11.6 Å². The molecule has 4 N–H and O–H groups in total. The van der Waals surface area contributed by atoms with E-state index in [1.54, 1.807) is 0 Å². The highest BCUT2D eigenvalue weighted by Gasteiger charge is 2.57. The summed E-state index contributed by atoms with van der Waals surface area (Å²) in [5.74, 6) is -3.14. The second-order valence-electron chi connectivity index (χ2n) is 10.4. The highest BCUT2D eigenvalue weighted by molar-refractivity contribution is 6.33. The predicted molar refractivity (Wildman–Crippen MR) is 147 cm³/mol. The number of hydrogen-bond donors (Lipinski definition) is 3. The van der Waals surface area contributed by atoms with Crippen molar-refractivity contribution in [1.29, 1.82) is 0 Å². The average molecular weight is 658 g/mol. The number of benzene rings is 2. The summed E-state index contributed by atoms with van der Waals surface area (Å²) >= 11 is 6.18. The number of carbonyl (C=O) groups excluding carboxylic acids is 2. The number of methoxy groups -OCH3 is 1. The van der Waals surface area contributed by atoms with Crippen molar-refractivity contribution in [3.63, 3.8) is 0 Å². The van der Waals surface area contributed by atoms with E-state index in [0.717, 1.165) is 42.6 Å². The molecule has 17 heteroatoms. The Labute approximate surface area is 254 Å². The van der Waals surface area contributed by atoms with Crippen molar-refractivity contribution in [2.75, 3.05) is 20.3 Å². The minimum absolute atomic E-state index is 0.0257. The molecule has 2 amide bonds. The molecule has 2 aromatic heterocycles. The molecule has 0 spiro atoms. The Kier molecular flexibility index (Phi) is 7.85. The summed E-state index contributed by atoms with van der Waals surface area (Å²) < 4.78 is 95.2. The van der Waals surface area contributed by atoms with E-state index in [1.807, 2.05) is 5.32 Å². The first-order valence-corrected chi connectivity index (χ1v) is 13.2. The summed E-state index contributed by atoms with van der Waals surface area (Å²) in [4.78, 5) is 29.5. The summed E-state index contributed by atoms with van der Waals surface area (Å²) in [7, 11) is 1.17. The zero-order valence-electron chi connectivity index (χ0n) is 23.2. The molecule has 1 aliphatic rings. The molecule has 45 heavy (non-hydrogen) atoms. The van der Waals surface area contributed by atoms with E-state index in [0.29, 0.717) is 4.68 Å². The van der Waals surface area contributed by atoms with E-state index in [4.69, 9.17) is 26.8 Å². The molecule has 10 nitrogen and oxygen atoms in total. The molecule has 2 atom stereocenters. The van der Waals surface area contributed by atoms with Crippen LogP contribution in [0.5, 0.6) is 11.5 Å². The standard InChI is InChI=1S/C28H22ClF6N5O5/c1-26(24(36)42)11-45-22-16(26)8-19(38-21(22)15-4-3-14(30)7-17(15)29)27(43,28(33,34)35)10-37-23(41)12-5-13-9-40(25(31)32)39-20(13)18(6-12)44-2/h3-9,25,43H,10-11H2,1-2H3,(H2,36,42)(H,37,41)/t26-,27-/m0/s1. The SMILES string of the molecule is COc1cc(C(=O)NC[C@](O)(c2cc3c(c(-c4ccc(F)cc4Cl)n2)OC[C@]3(C)C(N)=O)C(F)(F)F)cc2cn(C(F)F)nc12. The van der Waals surface area contributed by atoms with Gasteiger partial charge in [0.25, 0.3) is 5.91 Å². The van der Waals surface area contributed by atoms with Crippen LogP contribution in [0.25, 0.3) is 22.2 Å². The van der Waals surface area contributed by atoms with E-state index in [-0.39, 0.29) is 56.4 Å². The fourth-order valence-electron chi connectivity index (χ4n) is 4.82. The Hall–Kier alpha value is -4.57. The number of halogens is 7. The van der Waals surface area contributed by atoms with Gasteiger partial charge in [-0.15, -0.1) is 0 Å². The van der Waals surface area contributed by atoms with Crippen LogP contribution in [-0.2, 0) is 15.8 Å². The number of nitrogens with zero attached hydrogens (tertiary/aromatic N) is 3. The van der Waals surface area contributed by atoms with Crippen molar-refractivity contribution < 1.29 is 50.5 Å². The number of primary amides is 1. The minimum Gasteiger partial charge on any atom is -0.494 e. The molecule has 0 saturated heterocycles. The van der Waals surface area contributed by atoms with Gasteiger partial charge >= 0.3 is 12.7 Å². The lowest BCUT2D eigenvalue weighted by molar-refractivity contribution is -0.265. The molecule has 238 valence electrons. The van der Waals surface area contributed by atoms with Crippen molar-refractivity contribution in [2.24, 2.45) is 5.73 Å². The van der Waals surface area contributed by atoms with Gasteiger partial charge in [0.05, 0.1) is 24.4 Å². The van der Waals surface area contributed by atoms with Gasteiger partial charge in [-0.2, -0.15) is 27.1 Å². The van der Waals surface area contributed by atoms with Gasteiger partial charge in [0.2, 0.25) is 11.5 Å². The molecule has 3 heterocycles. The van der Waals surface area contributed by atoms with Crippen molar-refractivity contribution in [3.05, 3.63) is 70.3 Å². The summed E-state index contributed by atoms with van der Waals surface area (Å²) in [6, 6.07) is 5.94. The number of aromatic nitrogens is 3. The van der Waals surface area contributed by atoms with E-state index < -0.39 is 53.6 Å². The lowest BCUT2D eigenvalue weighted by Gasteiger charge is -2.31. The maximum Gasteiger partial charge on any atom is 0.424 e. The molecule has 0 aliphatic carbocycles. The molecular formula is C28H22ClF6N5O5. The summed E-state index contributed by atoms with van der Waals surface area (Å²) in [6.45, 7) is -3.59. The Morgan fingerprint density at radius 1 is 1.24 bits per heavy atom. The van der Waals surface area contributed by atoms with Crippen molar-refractivity contribution in [1.82, 2.24) is 20.1 Å². The lowest BCUT2D eigenvalue weighted by atomic mass is 9.81. The number of hydrogen-bond acceptors (Lipinski definition) is 7. The van der Waals surface area contributed by atoms with Gasteiger partial charge in [0, 0.05) is 28.3 Å². The number of fused-ring (bicyclic) bond motifs is 2. The van der Waals surface area contributed by atoms with Crippen LogP contribution in [0.1, 0.15) is 35.1 Å². The third-order valence-corrected chi connectivity index (χ3v) is 7.79. The Morgan fingerprint density at radius 2 is 1.96 bits per heavy atom. The van der Waals surface area contributed by atoms with Gasteiger partial charge < -0.3 is 25.6 Å². The van der Waals surface area contributed by atoms with E-state index in [2.05, 4.69) is 10.1 Å². The maximum atomic E-state index is 14.7. The molecule has 0 saturated carbocycles. The molecular weight excluding hydrogens is 636 g/mol. The summed E-state index contributed by atoms with van der Waals surface area (Å²) in [5.41, 5.74) is -1.97. The van der Waals surface area contributed by atoms with Crippen molar-refractivity contribution >= 4 is 34.3 Å². The number of rotatable bonds is 8. The molecule has 0 fully saturated rings. The van der Waals surface area contributed by atoms with Gasteiger partial charge in [-0.05, 0) is 43.3 Å². The van der Waals surface area contributed by atoms with Gasteiger partial charge in [-0.3, -0.25) is 9.59 Å². The molecule has 1 aliphatic heterocycles. The molecule has 4 aromatic rings. The van der Waals surface area contributed by atoms with Gasteiger partial charge in [0.15, 0.2) is 0 Å². The monoisotopic (exact) mass is 657 g/mol. The van der Waals surface area contributed by atoms with E-state index >= 15 is 0 Å². The van der Waals surface area contributed by atoms with Crippen LogP contribution in [0.3, 0.4) is 0 Å². The number of nitrogens with one attached hydrogen (secondary N) is 1. The maximum absolute atomic E-state index is 14.7. The zero-order chi connectivity index (χ0) is 33.1. The largest absolute Gasteiger partial charge is 0.494 e. The number of alkyl halides is 5. The number of aliphatic hydroxyl groups is 1. The highest BCUT2D eigenvalue weighted by atomic mass is 35.5. The first-order chi connectivity index (χ1) is 21.0. The normalized spacial score (nSPS) is 17.6. The quantitative estimate of drug-likeness (QED) is 0.235. The molecule has 5 rings (SSSR count). The first-order valence-electron chi connectivity index (χ1n) is 12.9. The third-order valence-electron chi connectivity index (χ3n) is 7.47. The Bertz CT molecular complexity index is 1850. The second kappa shape index (κ2) is 11.1. The third kappa shape index (κ3) is 5.37. The summed E-state index contributed by atoms with van der Waals surface area (Å²) in [5, 5.41) is 16.6. The first kappa shape index (κ1) is 31.8. The fourth-order valence-corrected chi connectivity index (χ4v) is 5.07. The number of amides is 2. The van der Waals surface area contributed by atoms with Crippen LogP contribution in [0.15, 0.2) is 42.6 Å².